The molecule has 0 radical (unpaired) electrons. The van der Waals surface area contributed by atoms with E-state index in [1.54, 1.807) is 0 Å². The van der Waals surface area contributed by atoms with Gasteiger partial charge in [0.05, 0.1) is 5.56 Å². The Balaban J connectivity index is 1.74. The van der Waals surface area contributed by atoms with Crippen molar-refractivity contribution < 1.29 is 31.8 Å². The summed E-state index contributed by atoms with van der Waals surface area (Å²) in [6, 6.07) is 7.29. The van der Waals surface area contributed by atoms with Gasteiger partial charge in [-0.05, 0) is 30.3 Å². The first-order valence-corrected chi connectivity index (χ1v) is 7.38. The standard InChI is InChI=1S/C17H16F5NO2/c18-13-4-1-11(16(19)7-13)8-23-9-14(24)10-25-15-5-2-12(3-6-15)17(20,21)22/h1-7,14,23-24H,8-10H2/t14-/m0/s1. The van der Waals surface area contributed by atoms with Crippen molar-refractivity contribution in [2.45, 2.75) is 18.8 Å². The third-order valence-corrected chi connectivity index (χ3v) is 3.33. The molecule has 0 unspecified atom stereocenters. The van der Waals surface area contributed by atoms with E-state index in [-0.39, 0.29) is 31.0 Å². The highest BCUT2D eigenvalue weighted by atomic mass is 19.4. The van der Waals surface area contributed by atoms with Crippen molar-refractivity contribution in [3.8, 4) is 5.75 Å². The second-order valence-corrected chi connectivity index (χ2v) is 5.35. The topological polar surface area (TPSA) is 41.5 Å². The Morgan fingerprint density at radius 3 is 2.32 bits per heavy atom. The van der Waals surface area contributed by atoms with Crippen LogP contribution in [0.3, 0.4) is 0 Å². The van der Waals surface area contributed by atoms with Crippen molar-refractivity contribution in [1.82, 2.24) is 5.32 Å². The van der Waals surface area contributed by atoms with Gasteiger partial charge < -0.3 is 15.2 Å². The van der Waals surface area contributed by atoms with Gasteiger partial charge in [-0.2, -0.15) is 13.2 Å². The number of aliphatic hydroxyl groups is 1. The summed E-state index contributed by atoms with van der Waals surface area (Å²) in [6.07, 6.45) is -5.37. The van der Waals surface area contributed by atoms with Gasteiger partial charge >= 0.3 is 6.18 Å². The first-order chi connectivity index (χ1) is 11.8. The van der Waals surface area contributed by atoms with Crippen LogP contribution >= 0.6 is 0 Å². The number of benzene rings is 2. The van der Waals surface area contributed by atoms with Crippen LogP contribution in [0.1, 0.15) is 11.1 Å². The molecule has 1 atom stereocenters. The zero-order valence-electron chi connectivity index (χ0n) is 13.0. The summed E-state index contributed by atoms with van der Waals surface area (Å²) in [5.41, 5.74) is -0.541. The van der Waals surface area contributed by atoms with Gasteiger partial charge in [-0.15, -0.1) is 0 Å². The first-order valence-electron chi connectivity index (χ1n) is 7.38. The number of nitrogens with one attached hydrogen (secondary N) is 1. The van der Waals surface area contributed by atoms with Crippen LogP contribution in [0, 0.1) is 11.6 Å². The molecule has 3 nitrogen and oxygen atoms in total. The molecule has 0 aliphatic rings. The maximum atomic E-state index is 13.4. The van der Waals surface area contributed by atoms with Crippen LogP contribution < -0.4 is 10.1 Å². The molecule has 0 aliphatic carbocycles. The molecule has 0 fully saturated rings. The molecule has 2 aromatic carbocycles. The minimum absolute atomic E-state index is 0.0669. The fraction of sp³-hybridized carbons (Fsp3) is 0.294. The van der Waals surface area contributed by atoms with E-state index >= 15 is 0 Å². The van der Waals surface area contributed by atoms with Crippen molar-refractivity contribution in [2.24, 2.45) is 0 Å². The third kappa shape index (κ3) is 5.99. The van der Waals surface area contributed by atoms with Crippen molar-refractivity contribution in [3.63, 3.8) is 0 Å². The molecule has 0 aliphatic heterocycles. The second kappa shape index (κ2) is 8.26. The van der Waals surface area contributed by atoms with Gasteiger partial charge in [0, 0.05) is 24.7 Å². The van der Waals surface area contributed by atoms with Gasteiger partial charge in [0.25, 0.3) is 0 Å². The first kappa shape index (κ1) is 19.1. The van der Waals surface area contributed by atoms with Gasteiger partial charge in [-0.1, -0.05) is 6.07 Å². The number of hydrogen-bond acceptors (Lipinski definition) is 3. The van der Waals surface area contributed by atoms with Crippen molar-refractivity contribution in [1.29, 1.82) is 0 Å². The summed E-state index contributed by atoms with van der Waals surface area (Å²) >= 11 is 0. The summed E-state index contributed by atoms with van der Waals surface area (Å²) in [4.78, 5) is 0. The molecule has 0 spiro atoms. The van der Waals surface area contributed by atoms with Gasteiger partial charge in [0.15, 0.2) is 0 Å². The Hall–Kier alpha value is -2.19. The Bertz CT molecular complexity index is 688. The third-order valence-electron chi connectivity index (χ3n) is 3.33. The highest BCUT2D eigenvalue weighted by Crippen LogP contribution is 2.30. The zero-order valence-corrected chi connectivity index (χ0v) is 13.0. The molecule has 0 amide bonds. The van der Waals surface area contributed by atoms with Crippen LogP contribution in [-0.2, 0) is 12.7 Å². The Kier molecular flexibility index (Phi) is 6.33. The van der Waals surface area contributed by atoms with Gasteiger partial charge in [0.2, 0.25) is 0 Å². The predicted octanol–water partition coefficient (Wildman–Crippen LogP) is 3.51. The fourth-order valence-electron chi connectivity index (χ4n) is 2.03. The fourth-order valence-corrected chi connectivity index (χ4v) is 2.03. The minimum atomic E-state index is -4.42. The predicted molar refractivity (Wildman–Crippen MR) is 81.0 cm³/mol. The molecule has 2 rings (SSSR count). The normalized spacial score (nSPS) is 12.9. The maximum absolute atomic E-state index is 13.4. The van der Waals surface area contributed by atoms with Crippen molar-refractivity contribution in [3.05, 3.63) is 65.2 Å². The molecule has 2 N–H and O–H groups in total. The van der Waals surface area contributed by atoms with Crippen LogP contribution in [0.4, 0.5) is 22.0 Å². The van der Waals surface area contributed by atoms with Gasteiger partial charge in [-0.25, -0.2) is 8.78 Å². The van der Waals surface area contributed by atoms with E-state index in [4.69, 9.17) is 4.74 Å². The van der Waals surface area contributed by atoms with Crippen LogP contribution in [0.15, 0.2) is 42.5 Å². The minimum Gasteiger partial charge on any atom is -0.491 e. The van der Waals surface area contributed by atoms with E-state index in [0.717, 1.165) is 36.4 Å². The molecule has 0 heterocycles. The molecule has 0 aromatic heterocycles. The van der Waals surface area contributed by atoms with E-state index in [9.17, 15) is 27.1 Å². The Labute approximate surface area is 141 Å². The summed E-state index contributed by atoms with van der Waals surface area (Å²) in [5.74, 6) is -1.18. The molecule has 0 saturated carbocycles. The average Bonchev–Trinajstić information content (AvgIpc) is 2.54. The zero-order chi connectivity index (χ0) is 18.4. The molecular formula is C17H16F5NO2. The van der Waals surface area contributed by atoms with Crippen LogP contribution in [0.25, 0.3) is 0 Å². The lowest BCUT2D eigenvalue weighted by Crippen LogP contribution is -2.31. The van der Waals surface area contributed by atoms with Crippen molar-refractivity contribution in [2.75, 3.05) is 13.2 Å². The van der Waals surface area contributed by atoms with Crippen LogP contribution in [0.5, 0.6) is 5.75 Å². The largest absolute Gasteiger partial charge is 0.491 e. The summed E-state index contributed by atoms with van der Waals surface area (Å²) in [6.45, 7) is 0.00513. The Morgan fingerprint density at radius 2 is 1.72 bits per heavy atom. The number of aliphatic hydroxyl groups excluding tert-OH is 1. The molecule has 2 aromatic rings. The highest BCUT2D eigenvalue weighted by Gasteiger charge is 2.30. The van der Waals surface area contributed by atoms with Crippen molar-refractivity contribution >= 4 is 0 Å². The average molecular weight is 361 g/mol. The van der Waals surface area contributed by atoms with Crippen LogP contribution in [-0.4, -0.2) is 24.4 Å². The molecule has 0 saturated heterocycles. The van der Waals surface area contributed by atoms with Gasteiger partial charge in [0.1, 0.15) is 30.1 Å². The van der Waals surface area contributed by atoms with E-state index < -0.39 is 29.5 Å². The number of alkyl halides is 3. The molecule has 0 bridgehead atoms. The number of halogens is 5. The molecule has 8 heteroatoms. The highest BCUT2D eigenvalue weighted by molar-refractivity contribution is 5.28. The summed E-state index contributed by atoms with van der Waals surface area (Å²) < 4.78 is 68.7. The molecular weight excluding hydrogens is 345 g/mol. The second-order valence-electron chi connectivity index (χ2n) is 5.35. The quantitative estimate of drug-likeness (QED) is 0.742. The lowest BCUT2D eigenvalue weighted by Gasteiger charge is -2.14. The SMILES string of the molecule is O[C@@H](CNCc1ccc(F)cc1F)COc1ccc(C(F)(F)F)cc1. The molecule has 136 valence electrons. The van der Waals surface area contributed by atoms with E-state index in [0.29, 0.717) is 0 Å². The van der Waals surface area contributed by atoms with E-state index in [1.807, 2.05) is 0 Å². The maximum Gasteiger partial charge on any atom is 0.416 e. The lowest BCUT2D eigenvalue weighted by atomic mass is 10.2. The monoisotopic (exact) mass is 361 g/mol. The van der Waals surface area contributed by atoms with Gasteiger partial charge in [-0.3, -0.25) is 0 Å². The number of ether oxygens (including phenoxy) is 1. The summed E-state index contributed by atoms with van der Waals surface area (Å²) in [5, 5.41) is 12.6. The van der Waals surface area contributed by atoms with E-state index in [1.165, 1.54) is 6.07 Å². The molecule has 25 heavy (non-hydrogen) atoms. The number of rotatable bonds is 7. The van der Waals surface area contributed by atoms with E-state index in [2.05, 4.69) is 5.32 Å². The summed E-state index contributed by atoms with van der Waals surface area (Å²) in [7, 11) is 0. The lowest BCUT2D eigenvalue weighted by molar-refractivity contribution is -0.137. The smallest absolute Gasteiger partial charge is 0.416 e. The van der Waals surface area contributed by atoms with Crippen LogP contribution in [0.2, 0.25) is 0 Å². The number of hydrogen-bond donors (Lipinski definition) is 2. The Morgan fingerprint density at radius 1 is 1.04 bits per heavy atom.